The maximum absolute atomic E-state index is 10.5. The molecule has 0 spiro atoms. The maximum Gasteiger partial charge on any atom is 0.117 e. The summed E-state index contributed by atoms with van der Waals surface area (Å²) in [5.41, 5.74) is 2.29. The first-order valence-electron chi connectivity index (χ1n) is 4.00. The predicted molar refractivity (Wildman–Crippen MR) is 51.9 cm³/mol. The summed E-state index contributed by atoms with van der Waals surface area (Å²) in [6, 6.07) is 7.25. The molecule has 3 heteroatoms. The molecular weight excluding hydrogens is 164 g/mol. The average molecular weight is 172 g/mol. The van der Waals surface area contributed by atoms with Crippen molar-refractivity contribution in [2.75, 3.05) is 0 Å². The molecule has 0 unspecified atom stereocenters. The molecule has 1 aromatic heterocycles. The van der Waals surface area contributed by atoms with Gasteiger partial charge in [-0.25, -0.2) is 0 Å². The Labute approximate surface area is 75.4 Å². The highest BCUT2D eigenvalue weighted by atomic mass is 16.3. The minimum Gasteiger partial charge on any atom is -0.256 e. The molecule has 0 amide bonds. The average Bonchev–Trinajstić information content (AvgIpc) is 2.17. The van der Waals surface area contributed by atoms with Crippen LogP contribution in [0.2, 0.25) is 0 Å². The van der Waals surface area contributed by atoms with E-state index in [1.54, 1.807) is 18.3 Å². The monoisotopic (exact) mass is 172 g/mol. The Morgan fingerprint density at radius 3 is 3.00 bits per heavy atom. The second-order valence-corrected chi connectivity index (χ2v) is 2.95. The molecule has 64 valence electrons. The van der Waals surface area contributed by atoms with Crippen molar-refractivity contribution in [3.8, 4) is 0 Å². The van der Waals surface area contributed by atoms with E-state index in [1.165, 1.54) is 0 Å². The zero-order valence-corrected chi connectivity index (χ0v) is 7.19. The summed E-state index contributed by atoms with van der Waals surface area (Å²) in [5, 5.41) is 3.77. The lowest BCUT2D eigenvalue weighted by atomic mass is 10.1. The van der Waals surface area contributed by atoms with Gasteiger partial charge in [-0.05, 0) is 35.9 Å². The second-order valence-electron chi connectivity index (χ2n) is 2.95. The predicted octanol–water partition coefficient (Wildman–Crippen LogP) is 2.94. The van der Waals surface area contributed by atoms with Gasteiger partial charge in [0.25, 0.3) is 0 Å². The number of rotatable bonds is 1. The molecule has 3 nitrogen and oxygen atoms in total. The van der Waals surface area contributed by atoms with Crippen LogP contribution < -0.4 is 0 Å². The zero-order chi connectivity index (χ0) is 9.26. The molecule has 0 fully saturated rings. The molecule has 0 bridgehead atoms. The van der Waals surface area contributed by atoms with Crippen LogP contribution in [0.1, 0.15) is 5.56 Å². The fourth-order valence-electron chi connectivity index (χ4n) is 1.32. The quantitative estimate of drug-likeness (QED) is 0.620. The van der Waals surface area contributed by atoms with E-state index in [0.717, 1.165) is 16.5 Å². The molecular formula is C10H8N2O. The van der Waals surface area contributed by atoms with Crippen molar-refractivity contribution >= 4 is 16.6 Å². The van der Waals surface area contributed by atoms with E-state index in [0.29, 0.717) is 5.69 Å². The van der Waals surface area contributed by atoms with Crippen LogP contribution in [0.25, 0.3) is 10.9 Å². The first-order valence-corrected chi connectivity index (χ1v) is 4.00. The highest BCUT2D eigenvalue weighted by Crippen LogP contribution is 2.24. The lowest BCUT2D eigenvalue weighted by Crippen LogP contribution is -1.80. The normalized spacial score (nSPS) is 10.2. The summed E-state index contributed by atoms with van der Waals surface area (Å²) in [6.45, 7) is 1.94. The third-order valence-corrected chi connectivity index (χ3v) is 1.94. The Balaban J connectivity index is 2.86. The Hall–Kier alpha value is -1.77. The van der Waals surface area contributed by atoms with E-state index in [2.05, 4.69) is 10.2 Å². The van der Waals surface area contributed by atoms with Crippen molar-refractivity contribution < 1.29 is 0 Å². The largest absolute Gasteiger partial charge is 0.256 e. The number of nitrogens with zero attached hydrogens (tertiary/aromatic N) is 2. The summed E-state index contributed by atoms with van der Waals surface area (Å²) >= 11 is 0. The van der Waals surface area contributed by atoms with Crippen LogP contribution in [0.4, 0.5) is 5.69 Å². The second kappa shape index (κ2) is 2.94. The molecule has 0 aliphatic heterocycles. The number of fused-ring (bicyclic) bond motifs is 1. The molecule has 2 rings (SSSR count). The van der Waals surface area contributed by atoms with Crippen molar-refractivity contribution in [2.24, 2.45) is 5.18 Å². The third kappa shape index (κ3) is 1.28. The minimum absolute atomic E-state index is 0.453. The summed E-state index contributed by atoms with van der Waals surface area (Å²) in [6.07, 6.45) is 1.77. The molecule has 1 heterocycles. The first kappa shape index (κ1) is 7.86. The van der Waals surface area contributed by atoms with Gasteiger partial charge in [0.1, 0.15) is 5.69 Å². The van der Waals surface area contributed by atoms with Crippen LogP contribution in [-0.2, 0) is 0 Å². The molecule has 0 radical (unpaired) electrons. The van der Waals surface area contributed by atoms with E-state index in [-0.39, 0.29) is 0 Å². The van der Waals surface area contributed by atoms with E-state index in [4.69, 9.17) is 0 Å². The SMILES string of the molecule is Cc1cnc2cccc(N=O)c2c1. The van der Waals surface area contributed by atoms with Crippen molar-refractivity contribution in [1.82, 2.24) is 4.98 Å². The van der Waals surface area contributed by atoms with Gasteiger partial charge in [-0.15, -0.1) is 4.91 Å². The molecule has 0 N–H and O–H groups in total. The summed E-state index contributed by atoms with van der Waals surface area (Å²) in [7, 11) is 0. The van der Waals surface area contributed by atoms with Crippen LogP contribution in [0.3, 0.4) is 0 Å². The van der Waals surface area contributed by atoms with Gasteiger partial charge in [0.05, 0.1) is 5.52 Å². The van der Waals surface area contributed by atoms with E-state index in [1.807, 2.05) is 19.1 Å². The zero-order valence-electron chi connectivity index (χ0n) is 7.19. The van der Waals surface area contributed by atoms with Gasteiger partial charge >= 0.3 is 0 Å². The van der Waals surface area contributed by atoms with Crippen LogP contribution in [0, 0.1) is 11.8 Å². The van der Waals surface area contributed by atoms with Gasteiger partial charge in [-0.1, -0.05) is 6.07 Å². The van der Waals surface area contributed by atoms with Gasteiger partial charge < -0.3 is 0 Å². The molecule has 0 aliphatic rings. The van der Waals surface area contributed by atoms with Crippen molar-refractivity contribution in [1.29, 1.82) is 0 Å². The fraction of sp³-hybridized carbons (Fsp3) is 0.100. The van der Waals surface area contributed by atoms with Crippen LogP contribution in [0.15, 0.2) is 35.6 Å². The highest BCUT2D eigenvalue weighted by molar-refractivity contribution is 5.89. The van der Waals surface area contributed by atoms with Crippen molar-refractivity contribution in [2.45, 2.75) is 6.92 Å². The number of pyridine rings is 1. The number of aromatic nitrogens is 1. The Bertz CT molecular complexity index is 465. The molecule has 1 aromatic carbocycles. The molecule has 2 aromatic rings. The van der Waals surface area contributed by atoms with Crippen molar-refractivity contribution in [3.63, 3.8) is 0 Å². The lowest BCUT2D eigenvalue weighted by Gasteiger charge is -1.99. The number of benzene rings is 1. The van der Waals surface area contributed by atoms with E-state index < -0.39 is 0 Å². The Kier molecular flexibility index (Phi) is 1.77. The lowest BCUT2D eigenvalue weighted by molar-refractivity contribution is 1.33. The Morgan fingerprint density at radius 1 is 1.38 bits per heavy atom. The number of nitroso groups, excluding NO2 is 1. The third-order valence-electron chi connectivity index (χ3n) is 1.94. The summed E-state index contributed by atoms with van der Waals surface area (Å²) in [4.78, 5) is 14.6. The van der Waals surface area contributed by atoms with Gasteiger partial charge in [0.15, 0.2) is 0 Å². The molecule has 0 aliphatic carbocycles. The highest BCUT2D eigenvalue weighted by Gasteiger charge is 2.00. The standard InChI is InChI=1S/C10H8N2O/c1-7-5-8-9(11-6-7)3-2-4-10(8)12-13/h2-6H,1H3. The van der Waals surface area contributed by atoms with Gasteiger partial charge in [-0.3, -0.25) is 4.98 Å². The maximum atomic E-state index is 10.5. The fourth-order valence-corrected chi connectivity index (χ4v) is 1.32. The Morgan fingerprint density at radius 2 is 2.23 bits per heavy atom. The summed E-state index contributed by atoms with van der Waals surface area (Å²) in [5.74, 6) is 0. The van der Waals surface area contributed by atoms with Crippen LogP contribution in [-0.4, -0.2) is 4.98 Å². The van der Waals surface area contributed by atoms with E-state index in [9.17, 15) is 4.91 Å². The smallest absolute Gasteiger partial charge is 0.117 e. The number of aryl methyl sites for hydroxylation is 1. The van der Waals surface area contributed by atoms with Gasteiger partial charge in [-0.2, -0.15) is 0 Å². The first-order chi connectivity index (χ1) is 6.31. The summed E-state index contributed by atoms with van der Waals surface area (Å²) < 4.78 is 0. The molecule has 13 heavy (non-hydrogen) atoms. The molecule has 0 atom stereocenters. The number of hydrogen-bond donors (Lipinski definition) is 0. The minimum atomic E-state index is 0.453. The van der Waals surface area contributed by atoms with Gasteiger partial charge in [0.2, 0.25) is 0 Å². The molecule has 0 saturated carbocycles. The molecule has 0 saturated heterocycles. The van der Waals surface area contributed by atoms with Crippen LogP contribution in [0.5, 0.6) is 0 Å². The van der Waals surface area contributed by atoms with Gasteiger partial charge in [0, 0.05) is 11.6 Å². The number of hydrogen-bond acceptors (Lipinski definition) is 3. The van der Waals surface area contributed by atoms with Crippen LogP contribution >= 0.6 is 0 Å². The van der Waals surface area contributed by atoms with Crippen molar-refractivity contribution in [3.05, 3.63) is 40.9 Å². The topological polar surface area (TPSA) is 42.3 Å². The van der Waals surface area contributed by atoms with E-state index >= 15 is 0 Å².